The van der Waals surface area contributed by atoms with Gasteiger partial charge in [-0.1, -0.05) is 20.8 Å². The summed E-state index contributed by atoms with van der Waals surface area (Å²) in [6.45, 7) is 13.5. The molecule has 1 aromatic rings. The number of nitrogens with zero attached hydrogens (tertiary/aromatic N) is 2. The number of nitrogens with one attached hydrogen (secondary N) is 1. The van der Waals surface area contributed by atoms with E-state index in [1.807, 2.05) is 18.7 Å². The molecule has 0 amide bonds. The van der Waals surface area contributed by atoms with E-state index in [-0.39, 0.29) is 5.60 Å². The lowest BCUT2D eigenvalue weighted by atomic mass is 10.1. The molecule has 0 atom stereocenters. The Balaban J connectivity index is 2.95. The minimum absolute atomic E-state index is 0.160. The molecule has 104 valence electrons. The van der Waals surface area contributed by atoms with Gasteiger partial charge in [0.2, 0.25) is 5.88 Å². The van der Waals surface area contributed by atoms with E-state index in [1.54, 1.807) is 0 Å². The molecule has 0 aromatic carbocycles. The molecule has 0 spiro atoms. The Morgan fingerprint density at radius 1 is 1.39 bits per heavy atom. The molecule has 0 aliphatic heterocycles. The van der Waals surface area contributed by atoms with Crippen LogP contribution in [0.1, 0.15) is 52.3 Å². The van der Waals surface area contributed by atoms with Gasteiger partial charge in [-0.25, -0.2) is 4.68 Å². The zero-order valence-electron chi connectivity index (χ0n) is 12.8. The molecular weight excluding hydrogens is 226 g/mol. The van der Waals surface area contributed by atoms with Crippen LogP contribution in [0.25, 0.3) is 0 Å². The van der Waals surface area contributed by atoms with E-state index in [1.165, 1.54) is 0 Å². The normalized spacial score (nSPS) is 12.2. The minimum atomic E-state index is -0.160. The fourth-order valence-electron chi connectivity index (χ4n) is 1.65. The van der Waals surface area contributed by atoms with Crippen molar-refractivity contribution in [2.75, 3.05) is 0 Å². The lowest BCUT2D eigenvalue weighted by Gasteiger charge is -2.25. The second kappa shape index (κ2) is 5.74. The van der Waals surface area contributed by atoms with Crippen molar-refractivity contribution in [1.82, 2.24) is 15.1 Å². The van der Waals surface area contributed by atoms with Crippen molar-refractivity contribution in [3.63, 3.8) is 0 Å². The number of hydrogen-bond donors (Lipinski definition) is 1. The van der Waals surface area contributed by atoms with Gasteiger partial charge < -0.3 is 10.1 Å². The number of hydrogen-bond acceptors (Lipinski definition) is 3. The Labute approximate surface area is 111 Å². The third-order valence-corrected chi connectivity index (χ3v) is 3.20. The fourth-order valence-corrected chi connectivity index (χ4v) is 1.65. The van der Waals surface area contributed by atoms with Crippen LogP contribution in [0.3, 0.4) is 0 Å². The van der Waals surface area contributed by atoms with Crippen molar-refractivity contribution in [1.29, 1.82) is 0 Å². The van der Waals surface area contributed by atoms with Gasteiger partial charge in [-0.15, -0.1) is 0 Å². The first-order valence-electron chi connectivity index (χ1n) is 6.71. The molecule has 18 heavy (non-hydrogen) atoms. The summed E-state index contributed by atoms with van der Waals surface area (Å²) in [5.74, 6) is 0.882. The molecule has 0 fully saturated rings. The maximum atomic E-state index is 6.13. The Hall–Kier alpha value is -1.03. The summed E-state index contributed by atoms with van der Waals surface area (Å²) in [6, 6.07) is 0.455. The minimum Gasteiger partial charge on any atom is -0.472 e. The van der Waals surface area contributed by atoms with E-state index < -0.39 is 0 Å². The molecule has 0 aliphatic carbocycles. The molecule has 1 rings (SSSR count). The van der Waals surface area contributed by atoms with Gasteiger partial charge in [-0.05, 0) is 27.2 Å². The van der Waals surface area contributed by atoms with Crippen molar-refractivity contribution in [2.45, 2.75) is 66.2 Å². The van der Waals surface area contributed by atoms with Crippen molar-refractivity contribution < 1.29 is 4.74 Å². The lowest BCUT2D eigenvalue weighted by Crippen LogP contribution is -2.29. The summed E-state index contributed by atoms with van der Waals surface area (Å²) >= 11 is 0. The average molecular weight is 253 g/mol. The number of aryl methyl sites for hydroxylation is 2. The standard InChI is InChI=1S/C14H27N3O/c1-8-14(5,6)18-13-12(9-15-10(2)3)11(4)16-17(13)7/h10,15H,8-9H2,1-7H3. The highest BCUT2D eigenvalue weighted by atomic mass is 16.5. The van der Waals surface area contributed by atoms with Crippen molar-refractivity contribution in [3.05, 3.63) is 11.3 Å². The summed E-state index contributed by atoms with van der Waals surface area (Å²) < 4.78 is 7.96. The SMILES string of the molecule is CCC(C)(C)Oc1c(CNC(C)C)c(C)nn1C. The van der Waals surface area contributed by atoms with Crippen LogP contribution in [0.5, 0.6) is 5.88 Å². The average Bonchev–Trinajstić information content (AvgIpc) is 2.51. The first-order chi connectivity index (χ1) is 8.26. The molecule has 0 radical (unpaired) electrons. The summed E-state index contributed by atoms with van der Waals surface area (Å²) in [7, 11) is 1.94. The van der Waals surface area contributed by atoms with Crippen LogP contribution in [0, 0.1) is 6.92 Å². The van der Waals surface area contributed by atoms with E-state index in [0.717, 1.165) is 30.1 Å². The van der Waals surface area contributed by atoms with Gasteiger partial charge in [-0.2, -0.15) is 5.10 Å². The van der Waals surface area contributed by atoms with E-state index in [9.17, 15) is 0 Å². The van der Waals surface area contributed by atoms with Crippen LogP contribution in [0.2, 0.25) is 0 Å². The second-order valence-corrected chi connectivity index (χ2v) is 5.74. The molecular formula is C14H27N3O. The highest BCUT2D eigenvalue weighted by molar-refractivity contribution is 5.31. The smallest absolute Gasteiger partial charge is 0.216 e. The Bertz CT molecular complexity index is 394. The topological polar surface area (TPSA) is 39.1 Å². The second-order valence-electron chi connectivity index (χ2n) is 5.74. The van der Waals surface area contributed by atoms with E-state index in [0.29, 0.717) is 6.04 Å². The zero-order valence-corrected chi connectivity index (χ0v) is 12.8. The van der Waals surface area contributed by atoms with E-state index >= 15 is 0 Å². The van der Waals surface area contributed by atoms with E-state index in [2.05, 4.69) is 45.0 Å². The van der Waals surface area contributed by atoms with Gasteiger partial charge >= 0.3 is 0 Å². The highest BCUT2D eigenvalue weighted by Crippen LogP contribution is 2.26. The molecule has 4 heteroatoms. The first kappa shape index (κ1) is 15.0. The quantitative estimate of drug-likeness (QED) is 0.847. The fraction of sp³-hybridized carbons (Fsp3) is 0.786. The van der Waals surface area contributed by atoms with Crippen LogP contribution in [0.15, 0.2) is 0 Å². The van der Waals surface area contributed by atoms with Gasteiger partial charge in [-0.3, -0.25) is 0 Å². The monoisotopic (exact) mass is 253 g/mol. The lowest BCUT2D eigenvalue weighted by molar-refractivity contribution is 0.0916. The van der Waals surface area contributed by atoms with Gasteiger partial charge in [0, 0.05) is 19.6 Å². The third kappa shape index (κ3) is 3.73. The van der Waals surface area contributed by atoms with Crippen molar-refractivity contribution in [2.24, 2.45) is 7.05 Å². The van der Waals surface area contributed by atoms with Crippen molar-refractivity contribution in [3.8, 4) is 5.88 Å². The van der Waals surface area contributed by atoms with Crippen LogP contribution < -0.4 is 10.1 Å². The zero-order chi connectivity index (χ0) is 13.9. The molecule has 1 aromatic heterocycles. The largest absolute Gasteiger partial charge is 0.472 e. The molecule has 1 N–H and O–H groups in total. The number of aromatic nitrogens is 2. The Morgan fingerprint density at radius 2 is 2.00 bits per heavy atom. The maximum absolute atomic E-state index is 6.13. The summed E-state index contributed by atoms with van der Waals surface area (Å²) in [4.78, 5) is 0. The predicted molar refractivity (Wildman–Crippen MR) is 74.9 cm³/mol. The molecule has 0 saturated heterocycles. The molecule has 0 bridgehead atoms. The molecule has 4 nitrogen and oxygen atoms in total. The first-order valence-corrected chi connectivity index (χ1v) is 6.71. The Morgan fingerprint density at radius 3 is 2.50 bits per heavy atom. The van der Waals surface area contributed by atoms with Crippen LogP contribution in [-0.2, 0) is 13.6 Å². The Kier molecular flexibility index (Phi) is 4.79. The van der Waals surface area contributed by atoms with Crippen LogP contribution in [0.4, 0.5) is 0 Å². The molecule has 0 saturated carbocycles. The third-order valence-electron chi connectivity index (χ3n) is 3.20. The summed E-state index contributed by atoms with van der Waals surface area (Å²) in [6.07, 6.45) is 0.967. The van der Waals surface area contributed by atoms with Gasteiger partial charge in [0.25, 0.3) is 0 Å². The number of ether oxygens (including phenoxy) is 1. The predicted octanol–water partition coefficient (Wildman–Crippen LogP) is 2.79. The molecule has 0 unspecified atom stereocenters. The maximum Gasteiger partial charge on any atom is 0.216 e. The van der Waals surface area contributed by atoms with E-state index in [4.69, 9.17) is 4.74 Å². The van der Waals surface area contributed by atoms with Crippen LogP contribution in [-0.4, -0.2) is 21.4 Å². The summed E-state index contributed by atoms with van der Waals surface area (Å²) in [5, 5.41) is 7.89. The molecule has 1 heterocycles. The van der Waals surface area contributed by atoms with Gasteiger partial charge in [0.05, 0.1) is 11.3 Å². The van der Waals surface area contributed by atoms with Crippen molar-refractivity contribution >= 4 is 0 Å². The summed E-state index contributed by atoms with van der Waals surface area (Å²) in [5.41, 5.74) is 2.03. The van der Waals surface area contributed by atoms with Gasteiger partial charge in [0.15, 0.2) is 0 Å². The number of rotatable bonds is 6. The van der Waals surface area contributed by atoms with Crippen LogP contribution >= 0.6 is 0 Å². The highest BCUT2D eigenvalue weighted by Gasteiger charge is 2.23. The van der Waals surface area contributed by atoms with Gasteiger partial charge in [0.1, 0.15) is 5.60 Å². The molecule has 0 aliphatic rings.